The summed E-state index contributed by atoms with van der Waals surface area (Å²) in [5.41, 5.74) is 3.11. The first kappa shape index (κ1) is 62.9. The van der Waals surface area contributed by atoms with Gasteiger partial charge < -0.3 is 28.7 Å². The van der Waals surface area contributed by atoms with E-state index in [0.717, 1.165) is 137 Å². The normalized spacial score (nSPS) is 19.7. The van der Waals surface area contributed by atoms with Crippen LogP contribution in [-0.4, -0.2) is 142 Å². The Hall–Kier alpha value is -3.25. The maximum absolute atomic E-state index is 12.7. The van der Waals surface area contributed by atoms with E-state index in [0.29, 0.717) is 43.8 Å². The second-order valence-corrected chi connectivity index (χ2v) is 22.0. The Kier molecular flexibility index (Phi) is 26.9. The van der Waals surface area contributed by atoms with Crippen molar-refractivity contribution in [1.82, 2.24) is 24.7 Å². The van der Waals surface area contributed by atoms with Crippen LogP contribution < -0.4 is 19.2 Å². The van der Waals surface area contributed by atoms with Gasteiger partial charge in [0.05, 0.1) is 62.3 Å². The van der Waals surface area contributed by atoms with Crippen LogP contribution in [0.5, 0.6) is 0 Å². The summed E-state index contributed by atoms with van der Waals surface area (Å²) in [6.45, 7) is 11.9. The van der Waals surface area contributed by atoms with Crippen LogP contribution in [0.15, 0.2) is 73.1 Å². The molecule has 4 atom stereocenters. The van der Waals surface area contributed by atoms with E-state index in [1.54, 1.807) is 36.7 Å². The fraction of sp³-hybridized carbons (Fsp3) is 0.547. The molecule has 17 nitrogen and oxygen atoms in total. The Labute approximate surface area is 488 Å². The molecule has 4 aromatic rings. The molecule has 2 aromatic heterocycles. The van der Waals surface area contributed by atoms with E-state index in [-0.39, 0.29) is 5.97 Å². The monoisotopic (exact) mass is 1200 g/mol. The number of esters is 2. The fourth-order valence-corrected chi connectivity index (χ4v) is 12.1. The molecule has 2 aromatic carbocycles. The van der Waals surface area contributed by atoms with Crippen LogP contribution in [0, 0.1) is 0 Å². The topological polar surface area (TPSA) is 156 Å². The molecule has 8 rings (SSSR count). The van der Waals surface area contributed by atoms with Crippen LogP contribution in [0.3, 0.4) is 0 Å². The number of hydrogen-bond donors (Lipinski definition) is 2. The van der Waals surface area contributed by atoms with Gasteiger partial charge in [-0.3, -0.25) is 19.5 Å². The molecule has 1 saturated carbocycles. The zero-order chi connectivity index (χ0) is 55.3. The van der Waals surface area contributed by atoms with Crippen molar-refractivity contribution in [1.29, 1.82) is 0 Å². The number of hydrogen-bond acceptors (Lipinski definition) is 19. The molecule has 0 spiro atoms. The molecule has 5 heterocycles. The number of nitrogens with one attached hydrogen (secondary N) is 2. The van der Waals surface area contributed by atoms with Crippen LogP contribution in [0.2, 0.25) is 20.1 Å². The van der Waals surface area contributed by atoms with Crippen LogP contribution in [-0.2, 0) is 37.5 Å². The Morgan fingerprint density at radius 2 is 1.05 bits per heavy atom. The van der Waals surface area contributed by atoms with Gasteiger partial charge in [0, 0.05) is 86.6 Å². The Bertz CT molecular complexity index is 2420. The van der Waals surface area contributed by atoms with E-state index in [4.69, 9.17) is 71.4 Å². The summed E-state index contributed by atoms with van der Waals surface area (Å²) >= 11 is 32.6. The fourth-order valence-electron chi connectivity index (χ4n) is 10.5. The quantitative estimate of drug-likeness (QED) is 0.0174. The number of alkyl halides is 1. The van der Waals surface area contributed by atoms with Crippen LogP contribution >= 0.6 is 82.5 Å². The Morgan fingerprint density at radius 1 is 0.610 bits per heavy atom. The maximum atomic E-state index is 12.7. The molecule has 0 amide bonds. The zero-order valence-electron chi connectivity index (χ0n) is 44.5. The number of methoxy groups -OCH3 is 2. The highest BCUT2D eigenvalue weighted by Crippen LogP contribution is 2.35. The molecule has 77 heavy (non-hydrogen) atoms. The molecular weight excluding hydrogens is 1130 g/mol. The first-order valence-electron chi connectivity index (χ1n) is 25.9. The van der Waals surface area contributed by atoms with Crippen molar-refractivity contribution < 1.29 is 37.5 Å². The highest BCUT2D eigenvalue weighted by Gasteiger charge is 2.38. The molecule has 2 N–H and O–H groups in total. The zero-order valence-corrected chi connectivity index (χ0v) is 49.9. The standard InChI is InChI=1S/C26H35Cl2N5O4S.C18H29ClN4O2S.C9H8Cl2O2/c1-4-21-17-32(25-23(28)15-20(16-29-25)30-38-37-36-3)13-14-33(21)22-9-11-31(12-10-22)24(26(34)35-2)18-5-7-19(27)8-6-18;1-3-15-13-22(9-10-23(15)16-7-5-4-6-8-16)18-17(19)11-14(12-20-18)21-26-25-24-2;1-13-9(12)8(11)6-2-4-7(10)5-3-6/h5-8,15-16,21-22,24,30H,4,9-14,17H2,1-3H3;11-12,15-16,21H,3-10,13H2,1-2H3;2-5,8H,1H3/t21-,24?;15-;/m00./s1. The molecule has 0 radical (unpaired) electrons. The summed E-state index contributed by atoms with van der Waals surface area (Å²) < 4.78 is 25.1. The van der Waals surface area contributed by atoms with Gasteiger partial charge in [-0.1, -0.05) is 104 Å². The van der Waals surface area contributed by atoms with Gasteiger partial charge in [-0.25, -0.2) is 24.5 Å². The van der Waals surface area contributed by atoms with Crippen molar-refractivity contribution in [3.8, 4) is 0 Å². The van der Waals surface area contributed by atoms with Gasteiger partial charge in [-0.15, -0.1) is 20.3 Å². The van der Waals surface area contributed by atoms with Gasteiger partial charge in [0.25, 0.3) is 0 Å². The lowest BCUT2D eigenvalue weighted by Crippen LogP contribution is -2.58. The molecular formula is C53H72Cl5N9O8S2. The van der Waals surface area contributed by atoms with E-state index in [1.807, 2.05) is 36.4 Å². The van der Waals surface area contributed by atoms with Crippen LogP contribution in [0.1, 0.15) is 94.2 Å². The number of anilines is 4. The van der Waals surface area contributed by atoms with E-state index in [1.165, 1.54) is 60.5 Å². The summed E-state index contributed by atoms with van der Waals surface area (Å²) in [5, 5.41) is 1.76. The molecule has 3 saturated heterocycles. The highest BCUT2D eigenvalue weighted by atomic mass is 35.5. The van der Waals surface area contributed by atoms with Crippen molar-refractivity contribution in [3.63, 3.8) is 0 Å². The number of nitrogens with zero attached hydrogens (tertiary/aromatic N) is 7. The average molecular weight is 1200 g/mol. The lowest BCUT2D eigenvalue weighted by atomic mass is 9.92. The number of benzene rings is 2. The van der Waals surface area contributed by atoms with E-state index < -0.39 is 17.4 Å². The van der Waals surface area contributed by atoms with E-state index in [9.17, 15) is 9.59 Å². The number of piperazine rings is 2. The third-order valence-corrected chi connectivity index (χ3v) is 16.9. The first-order chi connectivity index (χ1) is 37.3. The number of carbonyl (C=O) groups is 2. The Morgan fingerprint density at radius 3 is 1.47 bits per heavy atom. The number of piperidine rings is 1. The number of rotatable bonds is 19. The highest BCUT2D eigenvalue weighted by molar-refractivity contribution is 7.96. The minimum atomic E-state index is -0.762. The Balaban J connectivity index is 0.000000211. The number of likely N-dealkylation sites (tertiary alicyclic amines) is 1. The summed E-state index contributed by atoms with van der Waals surface area (Å²) in [6.07, 6.45) is 14.6. The van der Waals surface area contributed by atoms with Crippen molar-refractivity contribution in [3.05, 3.63) is 104 Å². The number of pyridine rings is 2. The summed E-state index contributed by atoms with van der Waals surface area (Å²) in [4.78, 5) is 54.3. The second-order valence-electron chi connectivity index (χ2n) is 18.9. The van der Waals surface area contributed by atoms with Crippen LogP contribution in [0.25, 0.3) is 0 Å². The summed E-state index contributed by atoms with van der Waals surface area (Å²) in [5.74, 6) is 0.966. The van der Waals surface area contributed by atoms with Crippen molar-refractivity contribution >= 4 is 117 Å². The number of aromatic nitrogens is 2. The molecule has 424 valence electrons. The van der Waals surface area contributed by atoms with Crippen molar-refractivity contribution in [2.45, 2.75) is 107 Å². The summed E-state index contributed by atoms with van der Waals surface area (Å²) in [6, 6.07) is 19.7. The smallest absolute Gasteiger partial charge is 0.328 e. The largest absolute Gasteiger partial charge is 0.468 e. The van der Waals surface area contributed by atoms with Crippen molar-refractivity contribution in [2.24, 2.45) is 0 Å². The van der Waals surface area contributed by atoms with Gasteiger partial charge in [-0.2, -0.15) is 0 Å². The molecule has 4 fully saturated rings. The SMILES string of the molecule is CC[C@H]1CN(c2ncc(NSOOC)cc2Cl)CCN1C1CCCCC1.CC[C@H]1CN(c2ncc(NSOOC)cc2Cl)CCN1C1CCN(C(C(=O)OC)c2ccc(Cl)cc2)CC1.COC(=O)C(Cl)c1ccc(Cl)cc1. The predicted octanol–water partition coefficient (Wildman–Crippen LogP) is 12.5. The van der Waals surface area contributed by atoms with E-state index in [2.05, 4.69) is 72.3 Å². The van der Waals surface area contributed by atoms with E-state index >= 15 is 0 Å². The second kappa shape index (κ2) is 32.9. The minimum absolute atomic E-state index is 0.235. The first-order valence-corrected chi connectivity index (χ1v) is 29.4. The molecule has 24 heteroatoms. The molecule has 3 aliphatic heterocycles. The lowest BCUT2D eigenvalue weighted by molar-refractivity contribution is -0.159. The van der Waals surface area contributed by atoms with Crippen molar-refractivity contribution in [2.75, 3.05) is 100 Å². The maximum Gasteiger partial charge on any atom is 0.328 e. The molecule has 1 aliphatic carbocycles. The predicted molar refractivity (Wildman–Crippen MR) is 313 cm³/mol. The van der Waals surface area contributed by atoms with Gasteiger partial charge in [0.15, 0.2) is 5.38 Å². The third kappa shape index (κ3) is 18.4. The number of halogens is 5. The summed E-state index contributed by atoms with van der Waals surface area (Å²) in [7, 11) is 5.65. The van der Waals surface area contributed by atoms with Gasteiger partial charge in [0.2, 0.25) is 0 Å². The third-order valence-electron chi connectivity index (χ3n) is 14.3. The average Bonchev–Trinajstić information content (AvgIpc) is 3.46. The van der Waals surface area contributed by atoms with Gasteiger partial charge >= 0.3 is 11.9 Å². The van der Waals surface area contributed by atoms with Gasteiger partial charge in [-0.05, 0) is 86.1 Å². The molecule has 2 unspecified atom stereocenters. The van der Waals surface area contributed by atoms with Gasteiger partial charge in [0.1, 0.15) is 42.1 Å². The molecule has 4 aliphatic rings. The minimum Gasteiger partial charge on any atom is -0.468 e. The number of ether oxygens (including phenoxy) is 2. The van der Waals surface area contributed by atoms with Crippen LogP contribution in [0.4, 0.5) is 23.0 Å². The number of carbonyl (C=O) groups excluding carboxylic acids is 2. The lowest BCUT2D eigenvalue weighted by Gasteiger charge is -2.48. The molecule has 0 bridgehead atoms.